The van der Waals surface area contributed by atoms with E-state index in [1.807, 2.05) is 0 Å². The van der Waals surface area contributed by atoms with Crippen molar-refractivity contribution in [2.75, 3.05) is 0 Å². The summed E-state index contributed by atoms with van der Waals surface area (Å²) >= 11 is 23.5. The normalized spacial score (nSPS) is 10.4. The summed E-state index contributed by atoms with van der Waals surface area (Å²) in [6.07, 6.45) is 0. The molecule has 0 aliphatic heterocycles. The molecule has 104 valence electrons. The van der Waals surface area contributed by atoms with E-state index < -0.39 is 0 Å². The van der Waals surface area contributed by atoms with Crippen LogP contribution in [0.1, 0.15) is 15.9 Å². The third-order valence-corrected chi connectivity index (χ3v) is 3.96. The molecule has 0 heterocycles. The molecule has 0 atom stereocenters. The molecule has 0 bridgehead atoms. The van der Waals surface area contributed by atoms with Gasteiger partial charge in [-0.1, -0.05) is 52.5 Å². The van der Waals surface area contributed by atoms with Gasteiger partial charge in [0.25, 0.3) is 5.91 Å². The molecule has 2 aromatic carbocycles. The van der Waals surface area contributed by atoms with E-state index in [1.54, 1.807) is 30.3 Å². The molecule has 0 unspecified atom stereocenters. The van der Waals surface area contributed by atoms with Gasteiger partial charge in [-0.05, 0) is 35.9 Å². The number of carbonyl (C=O) groups is 1. The van der Waals surface area contributed by atoms with Crippen LogP contribution in [0.25, 0.3) is 0 Å². The van der Waals surface area contributed by atoms with Crippen molar-refractivity contribution in [3.05, 3.63) is 67.6 Å². The molecule has 0 aliphatic carbocycles. The molecule has 2 aromatic rings. The first-order valence-corrected chi connectivity index (χ1v) is 7.16. The fraction of sp³-hybridized carbons (Fsp3) is 0.0714. The van der Waals surface area contributed by atoms with E-state index in [0.717, 1.165) is 5.56 Å². The Labute approximate surface area is 136 Å². The molecule has 0 spiro atoms. The molecule has 0 radical (unpaired) electrons. The van der Waals surface area contributed by atoms with Gasteiger partial charge in [0.05, 0.1) is 10.0 Å². The summed E-state index contributed by atoms with van der Waals surface area (Å²) in [7, 11) is 0. The fourth-order valence-corrected chi connectivity index (χ4v) is 2.35. The fourth-order valence-electron chi connectivity index (χ4n) is 1.58. The first-order chi connectivity index (χ1) is 9.47. The van der Waals surface area contributed by atoms with E-state index >= 15 is 0 Å². The maximum atomic E-state index is 12.0. The smallest absolute Gasteiger partial charge is 0.251 e. The van der Waals surface area contributed by atoms with Crippen molar-refractivity contribution < 1.29 is 4.79 Å². The van der Waals surface area contributed by atoms with Crippen LogP contribution in [0.3, 0.4) is 0 Å². The van der Waals surface area contributed by atoms with Crippen LogP contribution in [0.2, 0.25) is 20.1 Å². The highest BCUT2D eigenvalue weighted by molar-refractivity contribution is 6.42. The zero-order chi connectivity index (χ0) is 14.7. The first-order valence-electron chi connectivity index (χ1n) is 5.64. The van der Waals surface area contributed by atoms with Gasteiger partial charge in [-0.2, -0.15) is 0 Å². The third kappa shape index (κ3) is 3.80. The quantitative estimate of drug-likeness (QED) is 0.808. The van der Waals surface area contributed by atoms with E-state index in [9.17, 15) is 4.79 Å². The molecule has 0 saturated heterocycles. The van der Waals surface area contributed by atoms with Crippen molar-refractivity contribution in [3.63, 3.8) is 0 Å². The first kappa shape index (κ1) is 15.5. The van der Waals surface area contributed by atoms with E-state index in [2.05, 4.69) is 5.32 Å². The van der Waals surface area contributed by atoms with Crippen LogP contribution in [-0.2, 0) is 6.54 Å². The SMILES string of the molecule is O=C(NCc1ccc(Cl)cc1Cl)c1ccc(Cl)c(Cl)c1. The predicted octanol–water partition coefficient (Wildman–Crippen LogP) is 5.23. The van der Waals surface area contributed by atoms with Crippen LogP contribution in [-0.4, -0.2) is 5.91 Å². The second-order valence-corrected chi connectivity index (χ2v) is 5.71. The number of halogens is 4. The summed E-state index contributed by atoms with van der Waals surface area (Å²) < 4.78 is 0. The average molecular weight is 349 g/mol. The van der Waals surface area contributed by atoms with Gasteiger partial charge in [0.15, 0.2) is 0 Å². The van der Waals surface area contributed by atoms with Gasteiger partial charge < -0.3 is 5.32 Å². The standard InChI is InChI=1S/C14H9Cl4NO/c15-10-3-1-9(12(17)6-10)7-19-14(20)8-2-4-11(16)13(18)5-8/h1-6H,7H2,(H,19,20). The van der Waals surface area contributed by atoms with Gasteiger partial charge in [-0.15, -0.1) is 0 Å². The van der Waals surface area contributed by atoms with E-state index in [0.29, 0.717) is 32.2 Å². The Bertz CT molecular complexity index is 658. The molecule has 1 amide bonds. The summed E-state index contributed by atoms with van der Waals surface area (Å²) in [5, 5.41) is 4.55. The zero-order valence-corrected chi connectivity index (χ0v) is 13.1. The van der Waals surface area contributed by atoms with Crippen molar-refractivity contribution in [1.82, 2.24) is 5.32 Å². The Balaban J connectivity index is 2.06. The van der Waals surface area contributed by atoms with Crippen molar-refractivity contribution in [1.29, 1.82) is 0 Å². The Morgan fingerprint density at radius 2 is 1.65 bits per heavy atom. The Hall–Kier alpha value is -0.930. The van der Waals surface area contributed by atoms with Crippen molar-refractivity contribution in [3.8, 4) is 0 Å². The van der Waals surface area contributed by atoms with Gasteiger partial charge in [0, 0.05) is 22.2 Å². The highest BCUT2D eigenvalue weighted by Crippen LogP contribution is 2.23. The summed E-state index contributed by atoms with van der Waals surface area (Å²) in [5.41, 5.74) is 1.22. The van der Waals surface area contributed by atoms with Crippen LogP contribution in [0.15, 0.2) is 36.4 Å². The highest BCUT2D eigenvalue weighted by atomic mass is 35.5. The van der Waals surface area contributed by atoms with Crippen molar-refractivity contribution >= 4 is 52.3 Å². The minimum absolute atomic E-state index is 0.255. The van der Waals surface area contributed by atoms with E-state index in [1.165, 1.54) is 6.07 Å². The molecule has 6 heteroatoms. The Morgan fingerprint density at radius 1 is 0.900 bits per heavy atom. The van der Waals surface area contributed by atoms with Gasteiger partial charge in [-0.25, -0.2) is 0 Å². The van der Waals surface area contributed by atoms with E-state index in [4.69, 9.17) is 46.4 Å². The molecule has 1 N–H and O–H groups in total. The molecular weight excluding hydrogens is 340 g/mol. The van der Waals surface area contributed by atoms with Crippen LogP contribution < -0.4 is 5.32 Å². The summed E-state index contributed by atoms with van der Waals surface area (Å²) in [5.74, 6) is -0.255. The van der Waals surface area contributed by atoms with Gasteiger partial charge in [0.2, 0.25) is 0 Å². The van der Waals surface area contributed by atoms with Crippen molar-refractivity contribution in [2.24, 2.45) is 0 Å². The molecule has 0 aromatic heterocycles. The summed E-state index contributed by atoms with van der Waals surface area (Å²) in [4.78, 5) is 12.0. The largest absolute Gasteiger partial charge is 0.348 e. The highest BCUT2D eigenvalue weighted by Gasteiger charge is 2.09. The van der Waals surface area contributed by atoms with Crippen LogP contribution in [0.4, 0.5) is 0 Å². The Kier molecular flexibility index (Phi) is 5.17. The molecular formula is C14H9Cl4NO. The van der Waals surface area contributed by atoms with Crippen molar-refractivity contribution in [2.45, 2.75) is 6.54 Å². The Morgan fingerprint density at radius 3 is 2.30 bits per heavy atom. The lowest BCUT2D eigenvalue weighted by Crippen LogP contribution is -2.22. The number of amides is 1. The number of benzene rings is 2. The third-order valence-electron chi connectivity index (χ3n) is 2.64. The van der Waals surface area contributed by atoms with Crippen LogP contribution in [0, 0.1) is 0 Å². The molecule has 0 fully saturated rings. The van der Waals surface area contributed by atoms with E-state index in [-0.39, 0.29) is 5.91 Å². The second-order valence-electron chi connectivity index (χ2n) is 4.05. The molecule has 0 aliphatic rings. The lowest BCUT2D eigenvalue weighted by molar-refractivity contribution is 0.0951. The molecule has 2 nitrogen and oxygen atoms in total. The predicted molar refractivity (Wildman–Crippen MR) is 84.1 cm³/mol. The minimum atomic E-state index is -0.255. The molecule has 0 saturated carbocycles. The summed E-state index contributed by atoms with van der Waals surface area (Å²) in [6, 6.07) is 9.81. The van der Waals surface area contributed by atoms with Gasteiger partial charge >= 0.3 is 0 Å². The number of hydrogen-bond acceptors (Lipinski definition) is 1. The number of rotatable bonds is 3. The zero-order valence-electron chi connectivity index (χ0n) is 10.1. The van der Waals surface area contributed by atoms with Gasteiger partial charge in [0.1, 0.15) is 0 Å². The lowest BCUT2D eigenvalue weighted by atomic mass is 10.2. The van der Waals surface area contributed by atoms with Gasteiger partial charge in [-0.3, -0.25) is 4.79 Å². The minimum Gasteiger partial charge on any atom is -0.348 e. The molecule has 2 rings (SSSR count). The van der Waals surface area contributed by atoms with Crippen LogP contribution >= 0.6 is 46.4 Å². The monoisotopic (exact) mass is 347 g/mol. The lowest BCUT2D eigenvalue weighted by Gasteiger charge is -2.08. The molecule has 20 heavy (non-hydrogen) atoms. The maximum Gasteiger partial charge on any atom is 0.251 e. The van der Waals surface area contributed by atoms with Crippen LogP contribution in [0.5, 0.6) is 0 Å². The topological polar surface area (TPSA) is 29.1 Å². The maximum absolute atomic E-state index is 12.0. The average Bonchev–Trinajstić information content (AvgIpc) is 2.40. The number of hydrogen-bond donors (Lipinski definition) is 1. The number of carbonyl (C=O) groups excluding carboxylic acids is 1. The summed E-state index contributed by atoms with van der Waals surface area (Å²) in [6.45, 7) is 0.301. The number of nitrogens with one attached hydrogen (secondary N) is 1. The second kappa shape index (κ2) is 6.68.